The summed E-state index contributed by atoms with van der Waals surface area (Å²) < 4.78 is 15.8. The minimum absolute atomic E-state index is 0.214. The fourth-order valence-electron chi connectivity index (χ4n) is 1.37. The van der Waals surface area contributed by atoms with Gasteiger partial charge in [0.25, 0.3) is 0 Å². The van der Waals surface area contributed by atoms with E-state index in [1.165, 1.54) is 0 Å². The van der Waals surface area contributed by atoms with Gasteiger partial charge in [-0.25, -0.2) is 0 Å². The van der Waals surface area contributed by atoms with Crippen LogP contribution in [0.3, 0.4) is 0 Å². The highest BCUT2D eigenvalue weighted by Gasteiger charge is 2.02. The second-order valence-corrected chi connectivity index (χ2v) is 3.75. The molecule has 0 aliphatic rings. The van der Waals surface area contributed by atoms with Crippen LogP contribution in [-0.2, 0) is 16.1 Å². The highest BCUT2D eigenvalue weighted by molar-refractivity contribution is 5.27. The molecule has 0 bridgehead atoms. The summed E-state index contributed by atoms with van der Waals surface area (Å²) in [7, 11) is 3.37. The molecule has 1 aromatic carbocycles. The molecule has 1 unspecified atom stereocenters. The molecule has 0 saturated carbocycles. The Bertz CT molecular complexity index is 299. The van der Waals surface area contributed by atoms with E-state index in [0.29, 0.717) is 6.61 Å². The molecule has 0 aliphatic heterocycles. The van der Waals surface area contributed by atoms with Gasteiger partial charge in [-0.15, -0.1) is 0 Å². The average Bonchev–Trinajstić information content (AvgIpc) is 2.34. The first-order valence-electron chi connectivity index (χ1n) is 5.49. The minimum atomic E-state index is 0.214. The van der Waals surface area contributed by atoms with Crippen LogP contribution < -0.4 is 4.74 Å². The Labute approximate surface area is 97.3 Å². The second-order valence-electron chi connectivity index (χ2n) is 3.75. The van der Waals surface area contributed by atoms with Gasteiger partial charge in [-0.3, -0.25) is 0 Å². The van der Waals surface area contributed by atoms with Crippen molar-refractivity contribution in [2.75, 3.05) is 20.8 Å². The monoisotopic (exact) mass is 224 g/mol. The van der Waals surface area contributed by atoms with Crippen molar-refractivity contribution in [2.45, 2.75) is 26.1 Å². The maximum absolute atomic E-state index is 5.69. The molecule has 0 amide bonds. The Hall–Kier alpha value is -1.06. The quantitative estimate of drug-likeness (QED) is 0.712. The first-order valence-corrected chi connectivity index (χ1v) is 5.49. The molecule has 1 aromatic rings. The lowest BCUT2D eigenvalue weighted by atomic mass is 10.2. The van der Waals surface area contributed by atoms with Crippen molar-refractivity contribution in [2.24, 2.45) is 0 Å². The lowest BCUT2D eigenvalue weighted by Crippen LogP contribution is -2.10. The van der Waals surface area contributed by atoms with Gasteiger partial charge in [0, 0.05) is 13.7 Å². The molecular formula is C13H20O3. The molecule has 1 rings (SSSR count). The molecule has 3 nitrogen and oxygen atoms in total. The molecule has 0 saturated heterocycles. The number of ether oxygens (including phenoxy) is 3. The highest BCUT2D eigenvalue weighted by atomic mass is 16.5. The summed E-state index contributed by atoms with van der Waals surface area (Å²) in [4.78, 5) is 0. The summed E-state index contributed by atoms with van der Waals surface area (Å²) in [6.45, 7) is 3.40. The van der Waals surface area contributed by atoms with Crippen LogP contribution in [0.25, 0.3) is 0 Å². The fourth-order valence-corrected chi connectivity index (χ4v) is 1.37. The van der Waals surface area contributed by atoms with Gasteiger partial charge in [0.05, 0.1) is 19.8 Å². The lowest BCUT2D eigenvalue weighted by molar-refractivity contribution is 0.0300. The first kappa shape index (κ1) is 13.0. The zero-order valence-corrected chi connectivity index (χ0v) is 10.2. The standard InChI is InChI=1S/C13H20O3/c1-11(7-8-14-2)16-10-12-5-4-6-13(9-12)15-3/h4-6,9,11H,7-8,10H2,1-3H3. The molecule has 0 fully saturated rings. The summed E-state index contributed by atoms with van der Waals surface area (Å²) in [5, 5.41) is 0. The van der Waals surface area contributed by atoms with Gasteiger partial charge in [0.2, 0.25) is 0 Å². The van der Waals surface area contributed by atoms with E-state index in [0.717, 1.165) is 24.3 Å². The van der Waals surface area contributed by atoms with Gasteiger partial charge in [0.1, 0.15) is 5.75 Å². The highest BCUT2D eigenvalue weighted by Crippen LogP contribution is 2.14. The van der Waals surface area contributed by atoms with E-state index < -0.39 is 0 Å². The topological polar surface area (TPSA) is 27.7 Å². The van der Waals surface area contributed by atoms with Crippen LogP contribution in [-0.4, -0.2) is 26.9 Å². The molecular weight excluding hydrogens is 204 g/mol. The Morgan fingerprint density at radius 1 is 1.25 bits per heavy atom. The van der Waals surface area contributed by atoms with Crippen LogP contribution in [0.15, 0.2) is 24.3 Å². The molecule has 16 heavy (non-hydrogen) atoms. The molecule has 0 heterocycles. The number of methoxy groups -OCH3 is 2. The van der Waals surface area contributed by atoms with Crippen molar-refractivity contribution in [3.05, 3.63) is 29.8 Å². The maximum atomic E-state index is 5.69. The van der Waals surface area contributed by atoms with E-state index in [-0.39, 0.29) is 6.10 Å². The average molecular weight is 224 g/mol. The predicted molar refractivity (Wildman–Crippen MR) is 63.7 cm³/mol. The van der Waals surface area contributed by atoms with Gasteiger partial charge in [-0.2, -0.15) is 0 Å². The molecule has 0 aliphatic carbocycles. The number of hydrogen-bond acceptors (Lipinski definition) is 3. The molecule has 0 radical (unpaired) electrons. The Morgan fingerprint density at radius 3 is 2.75 bits per heavy atom. The smallest absolute Gasteiger partial charge is 0.119 e. The molecule has 3 heteroatoms. The van der Waals surface area contributed by atoms with Crippen LogP contribution in [0.2, 0.25) is 0 Å². The van der Waals surface area contributed by atoms with Crippen molar-refractivity contribution in [1.29, 1.82) is 0 Å². The van der Waals surface area contributed by atoms with Crippen molar-refractivity contribution < 1.29 is 14.2 Å². The van der Waals surface area contributed by atoms with Crippen molar-refractivity contribution in [3.8, 4) is 5.75 Å². The van der Waals surface area contributed by atoms with Gasteiger partial charge >= 0.3 is 0 Å². The van der Waals surface area contributed by atoms with Gasteiger partial charge in [-0.1, -0.05) is 12.1 Å². The number of benzene rings is 1. The third-order valence-electron chi connectivity index (χ3n) is 2.40. The van der Waals surface area contributed by atoms with E-state index >= 15 is 0 Å². The maximum Gasteiger partial charge on any atom is 0.119 e. The van der Waals surface area contributed by atoms with Gasteiger partial charge in [0.15, 0.2) is 0 Å². The van der Waals surface area contributed by atoms with E-state index in [1.807, 2.05) is 24.3 Å². The Morgan fingerprint density at radius 2 is 2.06 bits per heavy atom. The van der Waals surface area contributed by atoms with Crippen molar-refractivity contribution >= 4 is 0 Å². The Kier molecular flexibility index (Phi) is 5.90. The van der Waals surface area contributed by atoms with Crippen LogP contribution >= 0.6 is 0 Å². The van der Waals surface area contributed by atoms with Gasteiger partial charge in [-0.05, 0) is 31.0 Å². The summed E-state index contributed by atoms with van der Waals surface area (Å²) >= 11 is 0. The zero-order valence-electron chi connectivity index (χ0n) is 10.2. The molecule has 0 N–H and O–H groups in total. The molecule has 0 spiro atoms. The second kappa shape index (κ2) is 7.25. The van der Waals surface area contributed by atoms with E-state index in [2.05, 4.69) is 6.92 Å². The van der Waals surface area contributed by atoms with Crippen molar-refractivity contribution in [1.82, 2.24) is 0 Å². The molecule has 90 valence electrons. The van der Waals surface area contributed by atoms with Crippen LogP contribution in [0, 0.1) is 0 Å². The van der Waals surface area contributed by atoms with E-state index in [4.69, 9.17) is 14.2 Å². The van der Waals surface area contributed by atoms with E-state index in [1.54, 1.807) is 14.2 Å². The van der Waals surface area contributed by atoms with Crippen LogP contribution in [0.4, 0.5) is 0 Å². The third-order valence-corrected chi connectivity index (χ3v) is 2.40. The summed E-state index contributed by atoms with van der Waals surface area (Å²) in [6, 6.07) is 7.92. The summed E-state index contributed by atoms with van der Waals surface area (Å²) in [5.41, 5.74) is 1.13. The van der Waals surface area contributed by atoms with E-state index in [9.17, 15) is 0 Å². The van der Waals surface area contributed by atoms with Gasteiger partial charge < -0.3 is 14.2 Å². The number of rotatable bonds is 7. The van der Waals surface area contributed by atoms with Crippen molar-refractivity contribution in [3.63, 3.8) is 0 Å². The van der Waals surface area contributed by atoms with Crippen LogP contribution in [0.1, 0.15) is 18.9 Å². The normalized spacial score (nSPS) is 12.4. The summed E-state index contributed by atoms with van der Waals surface area (Å²) in [5.74, 6) is 0.866. The minimum Gasteiger partial charge on any atom is -0.497 e. The summed E-state index contributed by atoms with van der Waals surface area (Å²) in [6.07, 6.45) is 1.13. The van der Waals surface area contributed by atoms with Crippen LogP contribution in [0.5, 0.6) is 5.75 Å². The lowest BCUT2D eigenvalue weighted by Gasteiger charge is -2.12. The largest absolute Gasteiger partial charge is 0.497 e. The molecule has 1 atom stereocenters. The third kappa shape index (κ3) is 4.64. The SMILES string of the molecule is COCCC(C)OCc1cccc(OC)c1. The first-order chi connectivity index (χ1) is 7.76. The predicted octanol–water partition coefficient (Wildman–Crippen LogP) is 2.64. The number of hydrogen-bond donors (Lipinski definition) is 0. The zero-order chi connectivity index (χ0) is 11.8. The fraction of sp³-hybridized carbons (Fsp3) is 0.538. The Balaban J connectivity index is 2.35. The molecule has 0 aromatic heterocycles.